The van der Waals surface area contributed by atoms with Gasteiger partial charge in [-0.2, -0.15) is 4.98 Å². The van der Waals surface area contributed by atoms with Crippen LogP contribution in [0.4, 0.5) is 0 Å². The number of amides is 1. The second-order valence-electron chi connectivity index (χ2n) is 6.65. The number of carbonyl (C=O) groups excluding carboxylic acids is 1. The van der Waals surface area contributed by atoms with Gasteiger partial charge in [0.15, 0.2) is 5.82 Å². The molecule has 4 rings (SSSR count). The van der Waals surface area contributed by atoms with Gasteiger partial charge in [-0.3, -0.25) is 4.79 Å². The average molecular weight is 437 g/mol. The summed E-state index contributed by atoms with van der Waals surface area (Å²) in [6, 6.07) is 15.6. The topological polar surface area (TPSA) is 80.9 Å². The van der Waals surface area contributed by atoms with Crippen LogP contribution in [-0.4, -0.2) is 21.0 Å². The van der Waals surface area contributed by atoms with Crippen molar-refractivity contribution >= 4 is 29.0 Å². The predicted molar refractivity (Wildman–Crippen MR) is 118 cm³/mol. The largest absolute Gasteiger partial charge is 0.348 e. The van der Waals surface area contributed by atoms with Crippen LogP contribution >= 0.6 is 23.1 Å². The molecule has 0 bridgehead atoms. The molecule has 2 aromatic heterocycles. The van der Waals surface area contributed by atoms with Crippen molar-refractivity contribution in [2.75, 3.05) is 0 Å². The number of rotatable bonds is 7. The Morgan fingerprint density at radius 2 is 1.90 bits per heavy atom. The fourth-order valence-electron chi connectivity index (χ4n) is 2.89. The Morgan fingerprint density at radius 1 is 1.10 bits per heavy atom. The van der Waals surface area contributed by atoms with Gasteiger partial charge in [-0.25, -0.2) is 4.98 Å². The van der Waals surface area contributed by atoms with Gasteiger partial charge < -0.3 is 9.84 Å². The van der Waals surface area contributed by atoms with Crippen molar-refractivity contribution in [3.63, 3.8) is 0 Å². The lowest BCUT2D eigenvalue weighted by molar-refractivity contribution is 0.0948. The first-order chi connectivity index (χ1) is 14.6. The Labute approximate surface area is 182 Å². The summed E-state index contributed by atoms with van der Waals surface area (Å²) in [5.74, 6) is 1.55. The Bertz CT molecular complexity index is 1150. The third-order valence-corrected chi connectivity index (χ3v) is 6.21. The lowest BCUT2D eigenvalue weighted by Gasteiger charge is -2.10. The highest BCUT2D eigenvalue weighted by Gasteiger charge is 2.13. The van der Waals surface area contributed by atoms with Gasteiger partial charge in [0.1, 0.15) is 0 Å². The molecule has 0 aliphatic carbocycles. The predicted octanol–water partition coefficient (Wildman–Crippen LogP) is 5.03. The molecular formula is C22H20N4O2S2. The molecule has 0 spiro atoms. The van der Waals surface area contributed by atoms with E-state index in [0.29, 0.717) is 29.6 Å². The molecule has 0 atom stereocenters. The standard InChI is InChI=1S/C22H20N4O2S2/c1-14-24-21(28-26-14)13-30-20-6-4-3-5-18(20)22(27)23-11-16-7-9-17(10-8-16)19-12-29-15(2)25-19/h3-10,12H,11,13H2,1-2H3,(H,23,27). The zero-order valence-electron chi connectivity index (χ0n) is 16.6. The number of nitrogens with one attached hydrogen (secondary N) is 1. The Hall–Kier alpha value is -2.97. The summed E-state index contributed by atoms with van der Waals surface area (Å²) in [7, 11) is 0. The number of carbonyl (C=O) groups is 1. The molecule has 0 saturated carbocycles. The maximum Gasteiger partial charge on any atom is 0.252 e. The third kappa shape index (κ3) is 4.95. The van der Waals surface area contributed by atoms with E-state index < -0.39 is 0 Å². The summed E-state index contributed by atoms with van der Waals surface area (Å²) >= 11 is 3.14. The lowest BCUT2D eigenvalue weighted by atomic mass is 10.1. The lowest BCUT2D eigenvalue weighted by Crippen LogP contribution is -2.23. The van der Waals surface area contributed by atoms with Gasteiger partial charge in [-0.1, -0.05) is 41.6 Å². The van der Waals surface area contributed by atoms with E-state index in [-0.39, 0.29) is 5.91 Å². The van der Waals surface area contributed by atoms with Crippen LogP contribution in [0.5, 0.6) is 0 Å². The summed E-state index contributed by atoms with van der Waals surface area (Å²) in [6.07, 6.45) is 0. The van der Waals surface area contributed by atoms with E-state index in [1.807, 2.05) is 55.5 Å². The molecule has 30 heavy (non-hydrogen) atoms. The SMILES string of the molecule is Cc1noc(CSc2ccccc2C(=O)NCc2ccc(-c3csc(C)n3)cc2)n1. The summed E-state index contributed by atoms with van der Waals surface area (Å²) < 4.78 is 5.15. The molecule has 2 aromatic carbocycles. The van der Waals surface area contributed by atoms with Crippen LogP contribution in [0, 0.1) is 13.8 Å². The Morgan fingerprint density at radius 3 is 2.60 bits per heavy atom. The quantitative estimate of drug-likeness (QED) is 0.409. The van der Waals surface area contributed by atoms with E-state index in [1.165, 1.54) is 11.8 Å². The summed E-state index contributed by atoms with van der Waals surface area (Å²) in [5.41, 5.74) is 3.72. The van der Waals surface area contributed by atoms with Crippen LogP contribution < -0.4 is 5.32 Å². The van der Waals surface area contributed by atoms with E-state index in [9.17, 15) is 4.79 Å². The smallest absolute Gasteiger partial charge is 0.252 e. The highest BCUT2D eigenvalue weighted by Crippen LogP contribution is 2.26. The molecule has 0 radical (unpaired) electrons. The van der Waals surface area contributed by atoms with Crippen molar-refractivity contribution < 1.29 is 9.32 Å². The highest BCUT2D eigenvalue weighted by molar-refractivity contribution is 7.98. The first-order valence-corrected chi connectivity index (χ1v) is 11.3. The van der Waals surface area contributed by atoms with Gasteiger partial charge >= 0.3 is 0 Å². The number of hydrogen-bond donors (Lipinski definition) is 1. The second-order valence-corrected chi connectivity index (χ2v) is 8.73. The fraction of sp³-hybridized carbons (Fsp3) is 0.182. The number of nitrogens with zero attached hydrogens (tertiary/aromatic N) is 3. The molecule has 2 heterocycles. The van der Waals surface area contributed by atoms with Crippen molar-refractivity contribution in [2.45, 2.75) is 31.0 Å². The number of thioether (sulfide) groups is 1. The van der Waals surface area contributed by atoms with Gasteiger partial charge in [-0.15, -0.1) is 23.1 Å². The molecule has 4 aromatic rings. The van der Waals surface area contributed by atoms with Gasteiger partial charge in [-0.05, 0) is 31.5 Å². The summed E-state index contributed by atoms with van der Waals surface area (Å²) in [4.78, 5) is 22.3. The normalized spacial score (nSPS) is 10.9. The molecule has 8 heteroatoms. The molecule has 1 amide bonds. The molecular weight excluding hydrogens is 416 g/mol. The molecule has 0 saturated heterocycles. The van der Waals surface area contributed by atoms with E-state index in [4.69, 9.17) is 4.52 Å². The van der Waals surface area contributed by atoms with Gasteiger partial charge in [0.2, 0.25) is 5.89 Å². The summed E-state index contributed by atoms with van der Waals surface area (Å²) in [6.45, 7) is 4.23. The van der Waals surface area contributed by atoms with Crippen LogP contribution in [0.2, 0.25) is 0 Å². The van der Waals surface area contributed by atoms with Crippen molar-refractivity contribution in [3.05, 3.63) is 81.8 Å². The number of thiazole rings is 1. The first-order valence-electron chi connectivity index (χ1n) is 9.39. The van der Waals surface area contributed by atoms with E-state index >= 15 is 0 Å². The zero-order chi connectivity index (χ0) is 20.9. The monoisotopic (exact) mass is 436 g/mol. The summed E-state index contributed by atoms with van der Waals surface area (Å²) in [5, 5.41) is 9.90. The Balaban J connectivity index is 1.38. The Kier molecular flexibility index (Phi) is 6.25. The van der Waals surface area contributed by atoms with Crippen LogP contribution in [0.25, 0.3) is 11.3 Å². The minimum atomic E-state index is -0.112. The van der Waals surface area contributed by atoms with Crippen LogP contribution in [0.15, 0.2) is 63.3 Å². The van der Waals surface area contributed by atoms with Crippen molar-refractivity contribution in [2.24, 2.45) is 0 Å². The molecule has 0 unspecified atom stereocenters. The van der Waals surface area contributed by atoms with Gasteiger partial charge in [0, 0.05) is 22.4 Å². The molecule has 152 valence electrons. The van der Waals surface area contributed by atoms with E-state index in [1.54, 1.807) is 18.3 Å². The third-order valence-electron chi connectivity index (χ3n) is 4.37. The average Bonchev–Trinajstić information content (AvgIpc) is 3.39. The number of benzene rings is 2. The maximum absolute atomic E-state index is 12.8. The molecule has 6 nitrogen and oxygen atoms in total. The van der Waals surface area contributed by atoms with Crippen molar-refractivity contribution in [1.29, 1.82) is 0 Å². The number of aryl methyl sites for hydroxylation is 2. The van der Waals surface area contributed by atoms with Gasteiger partial charge in [0.25, 0.3) is 5.91 Å². The number of aromatic nitrogens is 3. The minimum Gasteiger partial charge on any atom is -0.348 e. The number of hydrogen-bond acceptors (Lipinski definition) is 7. The van der Waals surface area contributed by atoms with Crippen LogP contribution in [0.3, 0.4) is 0 Å². The fourth-order valence-corrected chi connectivity index (χ4v) is 4.39. The van der Waals surface area contributed by atoms with E-state index in [0.717, 1.165) is 26.7 Å². The van der Waals surface area contributed by atoms with Crippen molar-refractivity contribution in [3.8, 4) is 11.3 Å². The van der Waals surface area contributed by atoms with Crippen molar-refractivity contribution in [1.82, 2.24) is 20.4 Å². The van der Waals surface area contributed by atoms with Crippen LogP contribution in [0.1, 0.15) is 32.6 Å². The second kappa shape index (κ2) is 9.23. The molecule has 0 aliphatic rings. The molecule has 0 fully saturated rings. The van der Waals surface area contributed by atoms with Gasteiger partial charge in [0.05, 0.1) is 22.0 Å². The highest BCUT2D eigenvalue weighted by atomic mass is 32.2. The molecule has 1 N–H and O–H groups in total. The molecule has 0 aliphatic heterocycles. The minimum absolute atomic E-state index is 0.112. The first kappa shape index (κ1) is 20.3. The maximum atomic E-state index is 12.8. The zero-order valence-corrected chi connectivity index (χ0v) is 18.2. The van der Waals surface area contributed by atoms with E-state index in [2.05, 4.69) is 25.8 Å². The van der Waals surface area contributed by atoms with Crippen LogP contribution in [-0.2, 0) is 12.3 Å².